The van der Waals surface area contributed by atoms with Gasteiger partial charge in [-0.15, -0.1) is 11.3 Å². The van der Waals surface area contributed by atoms with Crippen molar-refractivity contribution >= 4 is 22.9 Å². The van der Waals surface area contributed by atoms with E-state index >= 15 is 0 Å². The number of nitrogens with zero attached hydrogens (tertiary/aromatic N) is 4. The van der Waals surface area contributed by atoms with Crippen molar-refractivity contribution in [2.45, 2.75) is 13.1 Å². The number of carbonyl (C=O) groups is 1. The summed E-state index contributed by atoms with van der Waals surface area (Å²) in [5.74, 6) is -0.461. The predicted molar refractivity (Wildman–Crippen MR) is 107 cm³/mol. The molecule has 2 aromatic carbocycles. The van der Waals surface area contributed by atoms with Crippen LogP contribution in [0.3, 0.4) is 0 Å². The average molecular weight is 392 g/mol. The van der Waals surface area contributed by atoms with E-state index in [9.17, 15) is 9.18 Å². The number of rotatable bonds is 6. The molecule has 0 radical (unpaired) electrons. The minimum absolute atomic E-state index is 0.132. The van der Waals surface area contributed by atoms with Gasteiger partial charge in [0.1, 0.15) is 18.5 Å². The van der Waals surface area contributed by atoms with Crippen molar-refractivity contribution in [3.8, 4) is 0 Å². The van der Waals surface area contributed by atoms with E-state index < -0.39 is 0 Å². The summed E-state index contributed by atoms with van der Waals surface area (Å²) in [5.41, 5.74) is 2.25. The van der Waals surface area contributed by atoms with Crippen LogP contribution in [-0.4, -0.2) is 20.7 Å². The highest BCUT2D eigenvalue weighted by atomic mass is 32.1. The Bertz CT molecular complexity index is 1030. The van der Waals surface area contributed by atoms with E-state index in [1.807, 2.05) is 29.6 Å². The van der Waals surface area contributed by atoms with E-state index in [1.165, 1.54) is 18.5 Å². The lowest BCUT2D eigenvalue weighted by Gasteiger charge is -2.22. The Labute approximate surface area is 165 Å². The summed E-state index contributed by atoms with van der Waals surface area (Å²) in [6.45, 7) is 1.02. The highest BCUT2D eigenvalue weighted by molar-refractivity contribution is 7.09. The van der Waals surface area contributed by atoms with Crippen LogP contribution in [0.2, 0.25) is 0 Å². The molecule has 1 amide bonds. The van der Waals surface area contributed by atoms with E-state index in [1.54, 1.807) is 51.5 Å². The summed E-state index contributed by atoms with van der Waals surface area (Å²) in [4.78, 5) is 19.8. The van der Waals surface area contributed by atoms with Gasteiger partial charge in [0.05, 0.1) is 13.1 Å². The summed E-state index contributed by atoms with van der Waals surface area (Å²) in [6, 6.07) is 17.3. The monoisotopic (exact) mass is 392 g/mol. The molecule has 2 heterocycles. The second kappa shape index (κ2) is 8.14. The highest BCUT2D eigenvalue weighted by Crippen LogP contribution is 2.23. The van der Waals surface area contributed by atoms with Gasteiger partial charge in [0.15, 0.2) is 0 Å². The van der Waals surface area contributed by atoms with Crippen LogP contribution in [0.1, 0.15) is 20.8 Å². The first kappa shape index (κ1) is 18.1. The summed E-state index contributed by atoms with van der Waals surface area (Å²) < 4.78 is 15.1. The van der Waals surface area contributed by atoms with Crippen LogP contribution in [0.4, 0.5) is 10.1 Å². The zero-order chi connectivity index (χ0) is 19.3. The first-order valence-electron chi connectivity index (χ1n) is 8.70. The lowest BCUT2D eigenvalue weighted by Crippen LogP contribution is -2.30. The molecule has 2 aromatic heterocycles. The molecule has 0 aliphatic carbocycles. The maximum absolute atomic E-state index is 13.3. The minimum Gasteiger partial charge on any atom is -0.303 e. The lowest BCUT2D eigenvalue weighted by molar-refractivity contribution is 0.0985. The molecule has 0 unspecified atom stereocenters. The van der Waals surface area contributed by atoms with Crippen molar-refractivity contribution in [1.82, 2.24) is 14.8 Å². The summed E-state index contributed by atoms with van der Waals surface area (Å²) in [5, 5.41) is 6.06. The maximum atomic E-state index is 13.3. The van der Waals surface area contributed by atoms with E-state index in [-0.39, 0.29) is 11.7 Å². The van der Waals surface area contributed by atoms with Gasteiger partial charge >= 0.3 is 0 Å². The maximum Gasteiger partial charge on any atom is 0.258 e. The standard InChI is InChI=1S/C21H17FN4OS/c22-18-7-9-19(10-8-18)26(13-20-2-1-11-28-20)21(27)17-5-3-16(4-6-17)12-25-15-23-14-24-25/h1-11,14-15H,12-13H2. The first-order valence-corrected chi connectivity index (χ1v) is 9.58. The van der Waals surface area contributed by atoms with Gasteiger partial charge in [-0.05, 0) is 53.4 Å². The van der Waals surface area contributed by atoms with Crippen LogP contribution in [0, 0.1) is 5.82 Å². The van der Waals surface area contributed by atoms with Crippen molar-refractivity contribution in [2.75, 3.05) is 4.90 Å². The normalized spacial score (nSPS) is 10.8. The fraction of sp³-hybridized carbons (Fsp3) is 0.0952. The number of halogens is 1. The van der Waals surface area contributed by atoms with E-state index in [2.05, 4.69) is 10.1 Å². The average Bonchev–Trinajstić information content (AvgIpc) is 3.41. The van der Waals surface area contributed by atoms with E-state index in [0.29, 0.717) is 24.3 Å². The molecule has 0 aliphatic heterocycles. The Kier molecular flexibility index (Phi) is 5.25. The lowest BCUT2D eigenvalue weighted by atomic mass is 10.1. The van der Waals surface area contributed by atoms with Gasteiger partial charge in [-0.2, -0.15) is 5.10 Å². The van der Waals surface area contributed by atoms with Crippen molar-refractivity contribution in [2.24, 2.45) is 0 Å². The zero-order valence-electron chi connectivity index (χ0n) is 14.9. The molecule has 0 fully saturated rings. The number of hydrogen-bond acceptors (Lipinski definition) is 4. The van der Waals surface area contributed by atoms with Gasteiger partial charge in [-0.3, -0.25) is 4.79 Å². The number of hydrogen-bond donors (Lipinski definition) is 0. The first-order chi connectivity index (χ1) is 13.7. The third kappa shape index (κ3) is 4.15. The third-order valence-electron chi connectivity index (χ3n) is 4.29. The minimum atomic E-state index is -0.329. The predicted octanol–water partition coefficient (Wildman–Crippen LogP) is 4.37. The van der Waals surface area contributed by atoms with Crippen LogP contribution < -0.4 is 4.90 Å². The molecule has 0 spiro atoms. The number of thiophene rings is 1. The number of aromatic nitrogens is 3. The van der Waals surface area contributed by atoms with Crippen LogP contribution >= 0.6 is 11.3 Å². The quantitative estimate of drug-likeness (QED) is 0.489. The van der Waals surface area contributed by atoms with Crippen molar-refractivity contribution < 1.29 is 9.18 Å². The van der Waals surface area contributed by atoms with Crippen molar-refractivity contribution in [3.63, 3.8) is 0 Å². The third-order valence-corrected chi connectivity index (χ3v) is 5.15. The smallest absolute Gasteiger partial charge is 0.258 e. The molecule has 0 bridgehead atoms. The molecule has 0 aliphatic rings. The summed E-state index contributed by atoms with van der Waals surface area (Å²) in [6.07, 6.45) is 3.14. The largest absolute Gasteiger partial charge is 0.303 e. The molecule has 5 nitrogen and oxygen atoms in total. The molecule has 0 N–H and O–H groups in total. The number of benzene rings is 2. The second-order valence-electron chi connectivity index (χ2n) is 6.24. The SMILES string of the molecule is O=C(c1ccc(Cn2cncn2)cc1)N(Cc1cccs1)c1ccc(F)cc1. The molecular formula is C21H17FN4OS. The van der Waals surface area contributed by atoms with Crippen molar-refractivity contribution in [1.29, 1.82) is 0 Å². The van der Waals surface area contributed by atoms with E-state index in [0.717, 1.165) is 10.4 Å². The molecule has 140 valence electrons. The van der Waals surface area contributed by atoms with Gasteiger partial charge in [0.25, 0.3) is 5.91 Å². The Balaban J connectivity index is 1.58. The molecular weight excluding hydrogens is 375 g/mol. The number of amides is 1. The van der Waals surface area contributed by atoms with E-state index in [4.69, 9.17) is 0 Å². The number of anilines is 1. The van der Waals surface area contributed by atoms with Gasteiger partial charge < -0.3 is 4.90 Å². The fourth-order valence-corrected chi connectivity index (χ4v) is 3.56. The molecule has 7 heteroatoms. The van der Waals surface area contributed by atoms with Crippen molar-refractivity contribution in [3.05, 3.63) is 101 Å². The molecule has 4 rings (SSSR count). The van der Waals surface area contributed by atoms with Crippen LogP contribution in [-0.2, 0) is 13.1 Å². The number of carbonyl (C=O) groups excluding carboxylic acids is 1. The molecule has 0 saturated carbocycles. The van der Waals surface area contributed by atoms with Gasteiger partial charge in [-0.1, -0.05) is 18.2 Å². The molecule has 28 heavy (non-hydrogen) atoms. The van der Waals surface area contributed by atoms with Crippen LogP contribution in [0.5, 0.6) is 0 Å². The van der Waals surface area contributed by atoms with Gasteiger partial charge in [0.2, 0.25) is 0 Å². The zero-order valence-corrected chi connectivity index (χ0v) is 15.7. The Morgan fingerprint density at radius 3 is 2.50 bits per heavy atom. The van der Waals surface area contributed by atoms with Gasteiger partial charge in [-0.25, -0.2) is 14.1 Å². The topological polar surface area (TPSA) is 51.0 Å². The summed E-state index contributed by atoms with van der Waals surface area (Å²) >= 11 is 1.58. The Hall–Kier alpha value is -3.32. The summed E-state index contributed by atoms with van der Waals surface area (Å²) in [7, 11) is 0. The van der Waals surface area contributed by atoms with Crippen LogP contribution in [0.25, 0.3) is 0 Å². The Morgan fingerprint density at radius 2 is 1.86 bits per heavy atom. The molecule has 0 atom stereocenters. The fourth-order valence-electron chi connectivity index (χ4n) is 2.87. The molecule has 4 aromatic rings. The highest BCUT2D eigenvalue weighted by Gasteiger charge is 2.19. The van der Waals surface area contributed by atoms with Gasteiger partial charge in [0, 0.05) is 16.1 Å². The molecule has 0 saturated heterocycles. The van der Waals surface area contributed by atoms with Crippen LogP contribution in [0.15, 0.2) is 78.7 Å². The second-order valence-corrected chi connectivity index (χ2v) is 7.27. The Morgan fingerprint density at radius 1 is 1.07 bits per heavy atom.